The van der Waals surface area contributed by atoms with Crippen LogP contribution in [-0.2, 0) is 37.2 Å². The average Bonchev–Trinajstić information content (AvgIpc) is 3.22. The Morgan fingerprint density at radius 2 is 0.333 bits per heavy atom. The standard InChI is InChI=1S/C56H66O/c1-49(2,43-31-19-13-20-32-43)55(50(3,4)44-33-21-14-22-34-44,51(5,6)45-35-23-15-24-36-45)57-56(52(7,8)46-37-25-16-26-38-46,53(9,10)47-39-27-17-28-40-47)54(11,12)48-41-29-18-30-42-48/h13-42H,1-12H3. The van der Waals surface area contributed by atoms with Gasteiger partial charge >= 0.3 is 0 Å². The van der Waals surface area contributed by atoms with E-state index >= 15 is 0 Å². The van der Waals surface area contributed by atoms with E-state index in [-0.39, 0.29) is 0 Å². The Morgan fingerprint density at radius 1 is 0.211 bits per heavy atom. The lowest BCUT2D eigenvalue weighted by molar-refractivity contribution is -0.304. The third kappa shape index (κ3) is 6.42. The number of hydrogen-bond acceptors (Lipinski definition) is 1. The lowest BCUT2D eigenvalue weighted by atomic mass is 9.43. The Hall–Kier alpha value is -4.72. The van der Waals surface area contributed by atoms with E-state index in [2.05, 4.69) is 265 Å². The van der Waals surface area contributed by atoms with Gasteiger partial charge in [0.2, 0.25) is 0 Å². The van der Waals surface area contributed by atoms with Crippen molar-refractivity contribution in [1.29, 1.82) is 0 Å². The van der Waals surface area contributed by atoms with Crippen molar-refractivity contribution in [3.05, 3.63) is 215 Å². The number of ether oxygens (including phenoxy) is 1. The van der Waals surface area contributed by atoms with Crippen molar-refractivity contribution in [3.63, 3.8) is 0 Å². The summed E-state index contributed by atoms with van der Waals surface area (Å²) in [7, 11) is 0. The van der Waals surface area contributed by atoms with Crippen LogP contribution in [-0.4, -0.2) is 11.2 Å². The molecule has 0 aromatic heterocycles. The molecule has 1 nitrogen and oxygen atoms in total. The predicted octanol–water partition coefficient (Wildman–Crippen LogP) is 14.3. The van der Waals surface area contributed by atoms with Crippen LogP contribution in [0.3, 0.4) is 0 Å². The number of rotatable bonds is 14. The minimum atomic E-state index is -0.957. The molecule has 0 radical (unpaired) electrons. The lowest BCUT2D eigenvalue weighted by Crippen LogP contribution is -2.80. The van der Waals surface area contributed by atoms with Crippen LogP contribution in [0.5, 0.6) is 0 Å². The highest BCUT2D eigenvalue weighted by Crippen LogP contribution is 2.68. The van der Waals surface area contributed by atoms with Crippen molar-refractivity contribution in [2.24, 2.45) is 0 Å². The Bertz CT molecular complexity index is 1770. The molecule has 0 aliphatic carbocycles. The van der Waals surface area contributed by atoms with Crippen molar-refractivity contribution >= 4 is 0 Å². The molecule has 0 spiro atoms. The molecule has 0 amide bonds. The Balaban J connectivity index is 1.93. The fraction of sp³-hybridized carbons (Fsp3) is 0.357. The summed E-state index contributed by atoms with van der Waals surface area (Å²) in [6, 6.07) is 66.8. The van der Waals surface area contributed by atoms with E-state index in [0.29, 0.717) is 0 Å². The monoisotopic (exact) mass is 755 g/mol. The van der Waals surface area contributed by atoms with Gasteiger partial charge in [-0.25, -0.2) is 0 Å². The van der Waals surface area contributed by atoms with Gasteiger partial charge in [-0.2, -0.15) is 0 Å². The number of benzene rings is 6. The van der Waals surface area contributed by atoms with Gasteiger partial charge in [0, 0.05) is 32.5 Å². The van der Waals surface area contributed by atoms with Crippen molar-refractivity contribution in [3.8, 4) is 0 Å². The van der Waals surface area contributed by atoms with E-state index in [4.69, 9.17) is 0 Å². The molecule has 6 rings (SSSR count). The van der Waals surface area contributed by atoms with Crippen LogP contribution < -0.4 is 0 Å². The van der Waals surface area contributed by atoms with Crippen LogP contribution in [0.4, 0.5) is 0 Å². The van der Waals surface area contributed by atoms with Gasteiger partial charge in [-0.1, -0.05) is 265 Å². The summed E-state index contributed by atoms with van der Waals surface area (Å²) in [5, 5.41) is 0. The maximum atomic E-state index is 9.34. The summed E-state index contributed by atoms with van der Waals surface area (Å²) in [5.41, 5.74) is 1.94. The second-order valence-corrected chi connectivity index (χ2v) is 19.4. The fourth-order valence-corrected chi connectivity index (χ4v) is 12.0. The SMILES string of the molecule is CC(C)(c1ccccc1)C(OC(C(C)(C)c1ccccc1)(C(C)(C)c1ccccc1)C(C)(C)c1ccccc1)(C(C)(C)c1ccccc1)C(C)(C)c1ccccc1. The lowest BCUT2D eigenvalue weighted by Gasteiger charge is -2.72. The first-order chi connectivity index (χ1) is 26.8. The molecule has 57 heavy (non-hydrogen) atoms. The Labute approximate surface area is 345 Å². The molecule has 1 heteroatoms. The molecule has 0 bridgehead atoms. The molecule has 0 saturated heterocycles. The van der Waals surface area contributed by atoms with Gasteiger partial charge < -0.3 is 4.74 Å². The molecule has 0 aliphatic rings. The normalized spacial score (nSPS) is 13.7. The number of hydrogen-bond donors (Lipinski definition) is 0. The summed E-state index contributed by atoms with van der Waals surface area (Å²) in [6.07, 6.45) is 0. The minimum absolute atomic E-state index is 0.593. The summed E-state index contributed by atoms with van der Waals surface area (Å²) in [5.74, 6) is 0. The molecular weight excluding hydrogens is 689 g/mol. The van der Waals surface area contributed by atoms with Crippen LogP contribution >= 0.6 is 0 Å². The molecule has 0 fully saturated rings. The first-order valence-corrected chi connectivity index (χ1v) is 20.9. The highest BCUT2D eigenvalue weighted by atomic mass is 16.5. The van der Waals surface area contributed by atoms with E-state index in [0.717, 1.165) is 0 Å². The van der Waals surface area contributed by atoms with Gasteiger partial charge in [0.05, 0.1) is 11.2 Å². The Morgan fingerprint density at radius 3 is 0.456 bits per heavy atom. The first kappa shape index (κ1) is 41.9. The molecule has 6 aromatic carbocycles. The third-order valence-corrected chi connectivity index (χ3v) is 14.6. The highest BCUT2D eigenvalue weighted by Gasteiger charge is 2.74. The van der Waals surface area contributed by atoms with E-state index < -0.39 is 43.7 Å². The summed E-state index contributed by atoms with van der Waals surface area (Å²) < 4.78 is 9.34. The van der Waals surface area contributed by atoms with Gasteiger partial charge in [-0.15, -0.1) is 0 Å². The quantitative estimate of drug-likeness (QED) is 0.108. The molecule has 0 atom stereocenters. The van der Waals surface area contributed by atoms with Crippen molar-refractivity contribution in [1.82, 2.24) is 0 Å². The maximum absolute atomic E-state index is 9.34. The van der Waals surface area contributed by atoms with Crippen LogP contribution in [0.2, 0.25) is 0 Å². The average molecular weight is 755 g/mol. The minimum Gasteiger partial charge on any atom is -0.363 e. The van der Waals surface area contributed by atoms with Crippen molar-refractivity contribution in [2.45, 2.75) is 127 Å². The topological polar surface area (TPSA) is 9.23 Å². The second kappa shape index (κ2) is 15.2. The van der Waals surface area contributed by atoms with Crippen LogP contribution in [0.25, 0.3) is 0 Å². The maximum Gasteiger partial charge on any atom is 0.0963 e. The molecule has 296 valence electrons. The zero-order valence-electron chi connectivity index (χ0n) is 36.7. The van der Waals surface area contributed by atoms with Crippen molar-refractivity contribution < 1.29 is 4.74 Å². The van der Waals surface area contributed by atoms with E-state index in [9.17, 15) is 4.74 Å². The highest BCUT2D eigenvalue weighted by molar-refractivity contribution is 5.49. The molecule has 0 aliphatic heterocycles. The van der Waals surface area contributed by atoms with E-state index in [1.807, 2.05) is 0 Å². The van der Waals surface area contributed by atoms with Gasteiger partial charge in [0.25, 0.3) is 0 Å². The largest absolute Gasteiger partial charge is 0.363 e. The fourth-order valence-electron chi connectivity index (χ4n) is 12.0. The van der Waals surface area contributed by atoms with E-state index in [1.54, 1.807) is 0 Å². The predicted molar refractivity (Wildman–Crippen MR) is 243 cm³/mol. The Kier molecular flexibility index (Phi) is 11.2. The molecule has 0 saturated carbocycles. The third-order valence-electron chi connectivity index (χ3n) is 14.6. The molecule has 0 unspecified atom stereocenters. The van der Waals surface area contributed by atoms with E-state index in [1.165, 1.54) is 33.4 Å². The molecular formula is C56H66O. The zero-order valence-corrected chi connectivity index (χ0v) is 36.7. The summed E-state index contributed by atoms with van der Waals surface area (Å²) >= 11 is 0. The van der Waals surface area contributed by atoms with Crippen LogP contribution in [0, 0.1) is 0 Å². The second-order valence-electron chi connectivity index (χ2n) is 19.4. The summed E-state index contributed by atoms with van der Waals surface area (Å²) in [4.78, 5) is 0. The first-order valence-electron chi connectivity index (χ1n) is 20.9. The van der Waals surface area contributed by atoms with Crippen molar-refractivity contribution in [2.75, 3.05) is 0 Å². The van der Waals surface area contributed by atoms with Gasteiger partial charge in [0.1, 0.15) is 0 Å². The summed E-state index contributed by atoms with van der Waals surface area (Å²) in [6.45, 7) is 29.4. The molecule has 6 aromatic rings. The van der Waals surface area contributed by atoms with Crippen LogP contribution in [0.15, 0.2) is 182 Å². The van der Waals surface area contributed by atoms with Gasteiger partial charge in [-0.3, -0.25) is 0 Å². The molecule has 0 heterocycles. The molecule has 0 N–H and O–H groups in total. The van der Waals surface area contributed by atoms with Gasteiger partial charge in [0.15, 0.2) is 0 Å². The smallest absolute Gasteiger partial charge is 0.0963 e. The zero-order chi connectivity index (χ0) is 41.4. The van der Waals surface area contributed by atoms with Crippen LogP contribution in [0.1, 0.15) is 116 Å². The van der Waals surface area contributed by atoms with Gasteiger partial charge in [-0.05, 0) is 33.4 Å².